The van der Waals surface area contributed by atoms with Gasteiger partial charge in [-0.25, -0.2) is 0 Å². The smallest absolute Gasteiger partial charge is 0.251 e. The first-order valence-electron chi connectivity index (χ1n) is 9.22. The number of nitrogens with zero attached hydrogens (tertiary/aromatic N) is 2. The van der Waals surface area contributed by atoms with Crippen LogP contribution >= 0.6 is 11.6 Å². The molecule has 1 N–H and O–H groups in total. The van der Waals surface area contributed by atoms with E-state index in [0.29, 0.717) is 44.4 Å². The van der Waals surface area contributed by atoms with Crippen molar-refractivity contribution in [3.63, 3.8) is 0 Å². The summed E-state index contributed by atoms with van der Waals surface area (Å²) in [7, 11) is 0. The zero-order valence-corrected chi connectivity index (χ0v) is 15.9. The molecule has 2 fully saturated rings. The molecular formula is C19H26ClN3O3. The molecule has 2 saturated heterocycles. The quantitative estimate of drug-likeness (QED) is 0.845. The van der Waals surface area contributed by atoms with Crippen LogP contribution in [0, 0.1) is 0 Å². The number of carbonyl (C=O) groups is 2. The maximum absolute atomic E-state index is 12.5. The molecule has 142 valence electrons. The SMILES string of the molecule is CC(C(=O)NCc1ccccc1Cl)N1CCN(C(=O)C2CCCO2)CC1. The van der Waals surface area contributed by atoms with Crippen LogP contribution in [-0.4, -0.2) is 66.5 Å². The Balaban J connectivity index is 1.45. The minimum atomic E-state index is -0.266. The van der Waals surface area contributed by atoms with Crippen molar-refractivity contribution >= 4 is 23.4 Å². The van der Waals surface area contributed by atoms with Gasteiger partial charge in [-0.3, -0.25) is 14.5 Å². The van der Waals surface area contributed by atoms with Gasteiger partial charge < -0.3 is 15.0 Å². The van der Waals surface area contributed by atoms with E-state index >= 15 is 0 Å². The van der Waals surface area contributed by atoms with Gasteiger partial charge in [0.15, 0.2) is 0 Å². The molecule has 0 aliphatic carbocycles. The van der Waals surface area contributed by atoms with Crippen molar-refractivity contribution in [2.75, 3.05) is 32.8 Å². The van der Waals surface area contributed by atoms with Crippen molar-refractivity contribution < 1.29 is 14.3 Å². The highest BCUT2D eigenvalue weighted by Gasteiger charge is 2.32. The summed E-state index contributed by atoms with van der Waals surface area (Å²) < 4.78 is 5.48. The van der Waals surface area contributed by atoms with E-state index in [2.05, 4.69) is 10.2 Å². The molecule has 7 heteroatoms. The van der Waals surface area contributed by atoms with Crippen LogP contribution in [0.4, 0.5) is 0 Å². The molecule has 2 amide bonds. The van der Waals surface area contributed by atoms with Crippen LogP contribution < -0.4 is 5.32 Å². The highest BCUT2D eigenvalue weighted by molar-refractivity contribution is 6.31. The number of halogens is 1. The Kier molecular flexibility index (Phi) is 6.51. The lowest BCUT2D eigenvalue weighted by Crippen LogP contribution is -2.56. The second kappa shape index (κ2) is 8.84. The highest BCUT2D eigenvalue weighted by atomic mass is 35.5. The predicted molar refractivity (Wildman–Crippen MR) is 99.9 cm³/mol. The number of benzene rings is 1. The summed E-state index contributed by atoms with van der Waals surface area (Å²) >= 11 is 6.13. The van der Waals surface area contributed by atoms with Crippen molar-refractivity contribution in [2.24, 2.45) is 0 Å². The fraction of sp³-hybridized carbons (Fsp3) is 0.579. The molecule has 0 bridgehead atoms. The molecule has 2 atom stereocenters. The average molecular weight is 380 g/mol. The molecule has 0 spiro atoms. The van der Waals surface area contributed by atoms with E-state index in [1.54, 1.807) is 0 Å². The Morgan fingerprint density at radius 3 is 2.65 bits per heavy atom. The maximum atomic E-state index is 12.5. The summed E-state index contributed by atoms with van der Waals surface area (Å²) in [6.45, 7) is 5.67. The minimum Gasteiger partial charge on any atom is -0.368 e. The van der Waals surface area contributed by atoms with Gasteiger partial charge in [0, 0.05) is 44.4 Å². The molecule has 2 unspecified atom stereocenters. The molecule has 26 heavy (non-hydrogen) atoms. The lowest BCUT2D eigenvalue weighted by atomic mass is 10.1. The number of ether oxygens (including phenoxy) is 1. The summed E-state index contributed by atoms with van der Waals surface area (Å²) in [5.41, 5.74) is 0.904. The zero-order valence-electron chi connectivity index (χ0n) is 15.1. The molecule has 6 nitrogen and oxygen atoms in total. The second-order valence-corrected chi connectivity index (χ2v) is 7.26. The molecule has 0 radical (unpaired) electrons. The third kappa shape index (κ3) is 4.55. The van der Waals surface area contributed by atoms with Crippen molar-refractivity contribution in [1.82, 2.24) is 15.1 Å². The fourth-order valence-electron chi connectivity index (χ4n) is 3.44. The van der Waals surface area contributed by atoms with Gasteiger partial charge in [0.05, 0.1) is 6.04 Å². The van der Waals surface area contributed by atoms with Gasteiger partial charge in [0.2, 0.25) is 5.91 Å². The first-order valence-corrected chi connectivity index (χ1v) is 9.59. The van der Waals surface area contributed by atoms with Crippen molar-refractivity contribution in [3.8, 4) is 0 Å². The lowest BCUT2D eigenvalue weighted by Gasteiger charge is -2.38. The number of piperazine rings is 1. The van der Waals surface area contributed by atoms with Crippen LogP contribution in [0.5, 0.6) is 0 Å². The molecule has 2 aliphatic heterocycles. The Morgan fingerprint density at radius 1 is 1.27 bits per heavy atom. The fourth-order valence-corrected chi connectivity index (χ4v) is 3.65. The molecular weight excluding hydrogens is 354 g/mol. The van der Waals surface area contributed by atoms with Crippen LogP contribution in [0.2, 0.25) is 5.02 Å². The van der Waals surface area contributed by atoms with E-state index in [1.165, 1.54) is 0 Å². The van der Waals surface area contributed by atoms with Gasteiger partial charge in [-0.15, -0.1) is 0 Å². The highest BCUT2D eigenvalue weighted by Crippen LogP contribution is 2.17. The van der Waals surface area contributed by atoms with Gasteiger partial charge in [-0.1, -0.05) is 29.8 Å². The number of carbonyl (C=O) groups excluding carboxylic acids is 2. The van der Waals surface area contributed by atoms with Crippen LogP contribution in [-0.2, 0) is 20.9 Å². The summed E-state index contributed by atoms with van der Waals surface area (Å²) in [5.74, 6) is 0.0711. The topological polar surface area (TPSA) is 61.9 Å². The molecule has 0 saturated carbocycles. The summed E-state index contributed by atoms with van der Waals surface area (Å²) in [6.07, 6.45) is 1.51. The number of rotatable bonds is 5. The number of hydrogen-bond acceptors (Lipinski definition) is 4. The Morgan fingerprint density at radius 2 is 2.00 bits per heavy atom. The molecule has 2 heterocycles. The van der Waals surface area contributed by atoms with Crippen molar-refractivity contribution in [3.05, 3.63) is 34.9 Å². The van der Waals surface area contributed by atoms with Crippen molar-refractivity contribution in [1.29, 1.82) is 0 Å². The number of nitrogens with one attached hydrogen (secondary N) is 1. The van der Waals surface area contributed by atoms with Gasteiger partial charge >= 0.3 is 0 Å². The van der Waals surface area contributed by atoms with E-state index in [-0.39, 0.29) is 24.0 Å². The number of hydrogen-bond donors (Lipinski definition) is 1. The predicted octanol–water partition coefficient (Wildman–Crippen LogP) is 1.67. The van der Waals surface area contributed by atoms with E-state index in [0.717, 1.165) is 18.4 Å². The molecule has 2 aliphatic rings. The first kappa shape index (κ1) is 19.1. The normalized spacial score (nSPS) is 22.2. The zero-order chi connectivity index (χ0) is 18.5. The third-order valence-electron chi connectivity index (χ3n) is 5.17. The van der Waals surface area contributed by atoms with E-state index in [1.807, 2.05) is 36.1 Å². The van der Waals surface area contributed by atoms with Gasteiger partial charge in [-0.2, -0.15) is 0 Å². The van der Waals surface area contributed by atoms with Crippen LogP contribution in [0.25, 0.3) is 0 Å². The monoisotopic (exact) mass is 379 g/mol. The van der Waals surface area contributed by atoms with E-state index in [4.69, 9.17) is 16.3 Å². The van der Waals surface area contributed by atoms with Gasteiger partial charge in [0.1, 0.15) is 6.10 Å². The molecule has 1 aromatic carbocycles. The minimum absolute atomic E-state index is 0.0242. The Bertz CT molecular complexity index is 641. The van der Waals surface area contributed by atoms with Crippen LogP contribution in [0.3, 0.4) is 0 Å². The third-order valence-corrected chi connectivity index (χ3v) is 5.54. The van der Waals surface area contributed by atoms with Gasteiger partial charge in [0.25, 0.3) is 5.91 Å². The van der Waals surface area contributed by atoms with Crippen LogP contribution in [0.1, 0.15) is 25.3 Å². The molecule has 3 rings (SSSR count). The first-order chi connectivity index (χ1) is 12.6. The maximum Gasteiger partial charge on any atom is 0.251 e. The Labute approximate surface area is 159 Å². The average Bonchev–Trinajstić information content (AvgIpc) is 3.21. The van der Waals surface area contributed by atoms with E-state index < -0.39 is 0 Å². The van der Waals surface area contributed by atoms with Crippen LogP contribution in [0.15, 0.2) is 24.3 Å². The largest absolute Gasteiger partial charge is 0.368 e. The summed E-state index contributed by atoms with van der Waals surface area (Å²) in [6, 6.07) is 7.26. The van der Waals surface area contributed by atoms with Gasteiger partial charge in [-0.05, 0) is 31.4 Å². The summed E-state index contributed by atoms with van der Waals surface area (Å²) in [5, 5.41) is 3.60. The van der Waals surface area contributed by atoms with E-state index in [9.17, 15) is 9.59 Å². The molecule has 1 aromatic rings. The Hall–Kier alpha value is -1.63. The second-order valence-electron chi connectivity index (χ2n) is 6.85. The molecule has 0 aromatic heterocycles. The summed E-state index contributed by atoms with van der Waals surface area (Å²) in [4.78, 5) is 28.8. The lowest BCUT2D eigenvalue weighted by molar-refractivity contribution is -0.143. The van der Waals surface area contributed by atoms with Crippen molar-refractivity contribution in [2.45, 2.75) is 38.5 Å². The standard InChI is InChI=1S/C19H26ClN3O3/c1-14(18(24)21-13-15-5-2-3-6-16(15)20)22-8-10-23(11-9-22)19(25)17-7-4-12-26-17/h2-3,5-6,14,17H,4,7-13H2,1H3,(H,21,24). The number of amides is 2.